The first-order valence-corrected chi connectivity index (χ1v) is 8.28. The molecule has 0 aromatic heterocycles. The molecule has 2 N–H and O–H groups in total. The van der Waals surface area contributed by atoms with Crippen LogP contribution in [0.2, 0.25) is 0 Å². The van der Waals surface area contributed by atoms with Crippen molar-refractivity contribution in [3.05, 3.63) is 65.7 Å². The van der Waals surface area contributed by atoms with Crippen molar-refractivity contribution in [1.29, 1.82) is 0 Å². The van der Waals surface area contributed by atoms with Gasteiger partial charge in [0.05, 0.1) is 0 Å². The molecule has 0 aliphatic carbocycles. The van der Waals surface area contributed by atoms with Crippen LogP contribution >= 0.6 is 0 Å². The monoisotopic (exact) mass is 312 g/mol. The first kappa shape index (κ1) is 17.5. The maximum absolute atomic E-state index is 9.33. The Morgan fingerprint density at radius 1 is 0.957 bits per heavy atom. The molecule has 3 heteroatoms. The van der Waals surface area contributed by atoms with Gasteiger partial charge in [0, 0.05) is 39.0 Å². The molecule has 3 nitrogen and oxygen atoms in total. The second kappa shape index (κ2) is 8.70. The lowest BCUT2D eigenvalue weighted by atomic mass is 9.95. The number of aliphatic hydroxyl groups excluding tert-OH is 1. The lowest BCUT2D eigenvalue weighted by molar-refractivity contribution is 0.272. The smallest absolute Gasteiger partial charge is 0.0437 e. The summed E-state index contributed by atoms with van der Waals surface area (Å²) in [5, 5.41) is 12.9. The lowest BCUT2D eigenvalue weighted by Crippen LogP contribution is -2.25. The zero-order valence-corrected chi connectivity index (χ0v) is 14.4. The Morgan fingerprint density at radius 2 is 1.61 bits per heavy atom. The van der Waals surface area contributed by atoms with E-state index in [0.29, 0.717) is 5.92 Å². The zero-order valence-electron chi connectivity index (χ0n) is 14.4. The van der Waals surface area contributed by atoms with Crippen molar-refractivity contribution in [2.45, 2.75) is 25.3 Å². The van der Waals surface area contributed by atoms with Crippen LogP contribution in [-0.2, 0) is 0 Å². The molecule has 0 spiro atoms. The highest BCUT2D eigenvalue weighted by Gasteiger charge is 2.13. The summed E-state index contributed by atoms with van der Waals surface area (Å²) in [6, 6.07) is 19.4. The summed E-state index contributed by atoms with van der Waals surface area (Å²) >= 11 is 0. The van der Waals surface area contributed by atoms with E-state index < -0.39 is 0 Å². The minimum Gasteiger partial charge on any atom is -0.396 e. The number of benzene rings is 2. The number of hydrogen-bond donors (Lipinski definition) is 2. The topological polar surface area (TPSA) is 35.5 Å². The quantitative estimate of drug-likeness (QED) is 0.782. The first-order chi connectivity index (χ1) is 11.1. The van der Waals surface area contributed by atoms with Crippen LogP contribution in [0.15, 0.2) is 54.6 Å². The molecule has 0 bridgehead atoms. The Bertz CT molecular complexity index is 566. The van der Waals surface area contributed by atoms with Crippen molar-refractivity contribution >= 4 is 5.69 Å². The molecule has 0 aliphatic heterocycles. The molecule has 2 unspecified atom stereocenters. The van der Waals surface area contributed by atoms with E-state index in [9.17, 15) is 5.11 Å². The predicted molar refractivity (Wildman–Crippen MR) is 98.1 cm³/mol. The van der Waals surface area contributed by atoms with Gasteiger partial charge in [0.25, 0.3) is 0 Å². The number of anilines is 1. The molecule has 0 saturated heterocycles. The average Bonchev–Trinajstić information content (AvgIpc) is 2.59. The number of nitrogens with zero attached hydrogens (tertiary/aromatic N) is 1. The van der Waals surface area contributed by atoms with Gasteiger partial charge in [0.1, 0.15) is 0 Å². The van der Waals surface area contributed by atoms with E-state index >= 15 is 0 Å². The Morgan fingerprint density at radius 3 is 2.17 bits per heavy atom. The molecule has 0 amide bonds. The van der Waals surface area contributed by atoms with Gasteiger partial charge in [-0.05, 0) is 42.5 Å². The molecular formula is C20H28N2O. The van der Waals surface area contributed by atoms with Gasteiger partial charge in [0.15, 0.2) is 0 Å². The van der Waals surface area contributed by atoms with Gasteiger partial charge < -0.3 is 15.3 Å². The van der Waals surface area contributed by atoms with Gasteiger partial charge >= 0.3 is 0 Å². The Labute approximate surface area is 140 Å². The van der Waals surface area contributed by atoms with E-state index in [-0.39, 0.29) is 12.6 Å². The summed E-state index contributed by atoms with van der Waals surface area (Å²) in [6.07, 6.45) is 0.781. The minimum absolute atomic E-state index is 0.215. The second-order valence-corrected chi connectivity index (χ2v) is 6.24. The van der Waals surface area contributed by atoms with Crippen LogP contribution in [0, 0.1) is 0 Å². The van der Waals surface area contributed by atoms with Gasteiger partial charge in [-0.25, -0.2) is 0 Å². The third kappa shape index (κ3) is 5.08. The molecule has 0 aliphatic rings. The number of rotatable bonds is 8. The molecule has 2 rings (SSSR count). The molecular weight excluding hydrogens is 284 g/mol. The molecule has 23 heavy (non-hydrogen) atoms. The van der Waals surface area contributed by atoms with E-state index in [1.165, 1.54) is 16.8 Å². The lowest BCUT2D eigenvalue weighted by Gasteiger charge is -2.21. The summed E-state index contributed by atoms with van der Waals surface area (Å²) in [5.74, 6) is 0.338. The standard InChI is InChI=1S/C20H28N2O/c1-16(17-9-11-20(12-10-17)22(2)3)21-15-19(13-14-23)18-7-5-4-6-8-18/h4-12,16,19,21,23H,13-15H2,1-3H3. The fourth-order valence-corrected chi connectivity index (χ4v) is 2.77. The van der Waals surface area contributed by atoms with Crippen LogP contribution in [0.25, 0.3) is 0 Å². The molecule has 0 saturated carbocycles. The molecule has 2 atom stereocenters. The maximum atomic E-state index is 9.33. The zero-order chi connectivity index (χ0) is 16.7. The molecule has 0 fully saturated rings. The SMILES string of the molecule is CC(NCC(CCO)c1ccccc1)c1ccc(N(C)C)cc1. The maximum Gasteiger partial charge on any atom is 0.0437 e. The molecule has 2 aromatic rings. The van der Waals surface area contributed by atoms with Crippen molar-refractivity contribution in [3.63, 3.8) is 0 Å². The predicted octanol–water partition coefficient (Wildman–Crippen LogP) is 3.57. The highest BCUT2D eigenvalue weighted by molar-refractivity contribution is 5.46. The Balaban J connectivity index is 1.97. The van der Waals surface area contributed by atoms with E-state index in [2.05, 4.69) is 79.8 Å². The summed E-state index contributed by atoms with van der Waals surface area (Å²) in [7, 11) is 4.10. The highest BCUT2D eigenvalue weighted by Crippen LogP contribution is 2.21. The van der Waals surface area contributed by atoms with Crippen molar-refractivity contribution < 1.29 is 5.11 Å². The van der Waals surface area contributed by atoms with Crippen LogP contribution in [0.3, 0.4) is 0 Å². The molecule has 2 aromatic carbocycles. The highest BCUT2D eigenvalue weighted by atomic mass is 16.3. The van der Waals surface area contributed by atoms with Crippen molar-refractivity contribution in [2.24, 2.45) is 0 Å². The second-order valence-electron chi connectivity index (χ2n) is 6.24. The van der Waals surface area contributed by atoms with Gasteiger partial charge in [-0.1, -0.05) is 42.5 Å². The van der Waals surface area contributed by atoms with Crippen molar-refractivity contribution in [3.8, 4) is 0 Å². The fourth-order valence-electron chi connectivity index (χ4n) is 2.77. The van der Waals surface area contributed by atoms with E-state index in [1.54, 1.807) is 0 Å². The normalized spacial score (nSPS) is 13.6. The van der Waals surface area contributed by atoms with E-state index in [4.69, 9.17) is 0 Å². The Kier molecular flexibility index (Phi) is 6.63. The van der Waals surface area contributed by atoms with E-state index in [1.807, 2.05) is 6.07 Å². The van der Waals surface area contributed by atoms with Crippen LogP contribution in [0.5, 0.6) is 0 Å². The summed E-state index contributed by atoms with van der Waals surface area (Å²) < 4.78 is 0. The Hall–Kier alpha value is -1.84. The number of hydrogen-bond acceptors (Lipinski definition) is 3. The number of aliphatic hydroxyl groups is 1. The summed E-state index contributed by atoms with van der Waals surface area (Å²) in [4.78, 5) is 2.11. The minimum atomic E-state index is 0.215. The third-order valence-corrected chi connectivity index (χ3v) is 4.33. The molecule has 0 heterocycles. The van der Waals surface area contributed by atoms with E-state index in [0.717, 1.165) is 13.0 Å². The van der Waals surface area contributed by atoms with Crippen LogP contribution in [0.4, 0.5) is 5.69 Å². The van der Waals surface area contributed by atoms with Gasteiger partial charge in [-0.2, -0.15) is 0 Å². The summed E-state index contributed by atoms with van der Waals surface area (Å²) in [6.45, 7) is 3.26. The van der Waals surface area contributed by atoms with Gasteiger partial charge in [-0.3, -0.25) is 0 Å². The number of nitrogens with one attached hydrogen (secondary N) is 1. The van der Waals surface area contributed by atoms with Crippen LogP contribution in [-0.4, -0.2) is 32.4 Å². The molecule has 0 radical (unpaired) electrons. The van der Waals surface area contributed by atoms with Crippen molar-refractivity contribution in [2.75, 3.05) is 32.1 Å². The average molecular weight is 312 g/mol. The van der Waals surface area contributed by atoms with Gasteiger partial charge in [0.2, 0.25) is 0 Å². The first-order valence-electron chi connectivity index (χ1n) is 8.28. The van der Waals surface area contributed by atoms with Crippen molar-refractivity contribution in [1.82, 2.24) is 5.32 Å². The molecule has 124 valence electrons. The fraction of sp³-hybridized carbons (Fsp3) is 0.400. The third-order valence-electron chi connectivity index (χ3n) is 4.33. The van der Waals surface area contributed by atoms with Crippen LogP contribution < -0.4 is 10.2 Å². The largest absolute Gasteiger partial charge is 0.396 e. The van der Waals surface area contributed by atoms with Gasteiger partial charge in [-0.15, -0.1) is 0 Å². The summed E-state index contributed by atoms with van der Waals surface area (Å²) in [5.41, 5.74) is 3.78. The van der Waals surface area contributed by atoms with Crippen LogP contribution in [0.1, 0.15) is 36.4 Å².